The quantitative estimate of drug-likeness (QED) is 0.183. The van der Waals surface area contributed by atoms with Crippen molar-refractivity contribution in [1.29, 1.82) is 0 Å². The molecule has 0 aliphatic heterocycles. The second kappa shape index (κ2) is 12.4. The zero-order chi connectivity index (χ0) is 35.6. The number of fused-ring (bicyclic) bond motifs is 11. The van der Waals surface area contributed by atoms with Gasteiger partial charge in [-0.05, 0) is 86.9 Å². The van der Waals surface area contributed by atoms with Gasteiger partial charge in [0, 0.05) is 37.0 Å². The van der Waals surface area contributed by atoms with Gasteiger partial charge >= 0.3 is 0 Å². The Morgan fingerprint density at radius 3 is 1.57 bits per heavy atom. The second-order valence-corrected chi connectivity index (χ2v) is 14.8. The number of para-hydroxylation sites is 3. The normalized spacial score (nSPS) is 11.7. The molecule has 54 heavy (non-hydrogen) atoms. The van der Waals surface area contributed by atoms with E-state index in [4.69, 9.17) is 9.97 Å². The third kappa shape index (κ3) is 4.88. The van der Waals surface area contributed by atoms with Crippen LogP contribution in [0.5, 0.6) is 0 Å². The van der Waals surface area contributed by atoms with E-state index in [0.29, 0.717) is 0 Å². The molecular weight excluding hydrogens is 675 g/mol. The number of hydrogen-bond acceptors (Lipinski definition) is 3. The summed E-state index contributed by atoms with van der Waals surface area (Å²) in [5.74, 6) is 0. The third-order valence-electron chi connectivity index (χ3n) is 10.6. The highest BCUT2D eigenvalue weighted by Gasteiger charge is 2.18. The smallest absolute Gasteiger partial charge is 0.0973 e. The van der Waals surface area contributed by atoms with Crippen molar-refractivity contribution in [3.8, 4) is 28.2 Å². The van der Waals surface area contributed by atoms with Crippen molar-refractivity contribution >= 4 is 85.9 Å². The Morgan fingerprint density at radius 2 is 0.852 bits per heavy atom. The summed E-state index contributed by atoms with van der Waals surface area (Å²) in [5.41, 5.74) is 8.96. The van der Waals surface area contributed by atoms with Crippen LogP contribution in [0.4, 0.5) is 0 Å². The number of hydrogen-bond donors (Lipinski definition) is 0. The third-order valence-corrected chi connectivity index (χ3v) is 11.8. The molecule has 0 N–H and O–H groups in total. The van der Waals surface area contributed by atoms with Crippen LogP contribution in [0.15, 0.2) is 188 Å². The van der Waals surface area contributed by atoms with E-state index in [1.54, 1.807) is 0 Å². The molecule has 0 aliphatic rings. The number of benzene rings is 8. The summed E-state index contributed by atoms with van der Waals surface area (Å²) in [6, 6.07) is 67.5. The summed E-state index contributed by atoms with van der Waals surface area (Å²) < 4.78 is 4.92. The average Bonchev–Trinajstić information content (AvgIpc) is 3.58. The maximum atomic E-state index is 5.24. The van der Waals surface area contributed by atoms with Gasteiger partial charge in [-0.1, -0.05) is 133 Å². The van der Waals surface area contributed by atoms with Crippen LogP contribution in [-0.2, 0) is 0 Å². The first-order valence-electron chi connectivity index (χ1n) is 18.2. The summed E-state index contributed by atoms with van der Waals surface area (Å²) >= 11 is 1.85. The van der Waals surface area contributed by atoms with Gasteiger partial charge in [0.05, 0.1) is 33.5 Å². The van der Waals surface area contributed by atoms with E-state index in [-0.39, 0.29) is 0 Å². The van der Waals surface area contributed by atoms with E-state index in [9.17, 15) is 0 Å². The number of rotatable bonds is 3. The monoisotopic (exact) mass is 705 g/mol. The van der Waals surface area contributed by atoms with Crippen LogP contribution < -0.4 is 0 Å². The van der Waals surface area contributed by atoms with Gasteiger partial charge < -0.3 is 4.57 Å². The predicted molar refractivity (Wildman–Crippen MR) is 230 cm³/mol. The molecule has 0 fully saturated rings. The average molecular weight is 706 g/mol. The lowest BCUT2D eigenvalue weighted by molar-refractivity contribution is 1.18. The Balaban J connectivity index is 1.25. The summed E-state index contributed by atoms with van der Waals surface area (Å²) in [6.07, 6.45) is 0. The minimum absolute atomic E-state index is 0.867. The van der Waals surface area contributed by atoms with Crippen LogP contribution >= 0.6 is 11.3 Å². The maximum Gasteiger partial charge on any atom is 0.0973 e. The largest absolute Gasteiger partial charge is 0.309 e. The van der Waals surface area contributed by atoms with E-state index in [1.807, 2.05) is 41.7 Å². The van der Waals surface area contributed by atoms with Crippen molar-refractivity contribution in [2.24, 2.45) is 0 Å². The van der Waals surface area contributed by atoms with Gasteiger partial charge in [0.25, 0.3) is 0 Å². The van der Waals surface area contributed by atoms with Crippen LogP contribution in [0.3, 0.4) is 0 Å². The van der Waals surface area contributed by atoms with Crippen molar-refractivity contribution in [2.45, 2.75) is 0 Å². The summed E-state index contributed by atoms with van der Waals surface area (Å²) in [5, 5.41) is 9.87. The zero-order valence-corrected chi connectivity index (χ0v) is 30.0. The van der Waals surface area contributed by atoms with Gasteiger partial charge in [-0.25, -0.2) is 9.97 Å². The van der Waals surface area contributed by atoms with Gasteiger partial charge in [0.15, 0.2) is 0 Å². The van der Waals surface area contributed by atoms with Crippen LogP contribution in [0, 0.1) is 0 Å². The Bertz CT molecular complexity index is 3340. The first kappa shape index (κ1) is 30.7. The fraction of sp³-hybridized carbons (Fsp3) is 0. The molecule has 252 valence electrons. The van der Waals surface area contributed by atoms with E-state index in [0.717, 1.165) is 50.3 Å². The lowest BCUT2D eigenvalue weighted by Crippen LogP contribution is -1.98. The predicted octanol–water partition coefficient (Wildman–Crippen LogP) is 13.9. The molecule has 8 aromatic carbocycles. The molecule has 3 nitrogen and oxygen atoms in total. The van der Waals surface area contributed by atoms with Crippen molar-refractivity contribution in [1.82, 2.24) is 14.5 Å². The molecule has 0 radical (unpaired) electrons. The minimum atomic E-state index is 0.867. The first-order valence-corrected chi connectivity index (χ1v) is 19.1. The van der Waals surface area contributed by atoms with Crippen molar-refractivity contribution in [3.05, 3.63) is 188 Å². The molecule has 0 saturated heterocycles. The van der Waals surface area contributed by atoms with Gasteiger partial charge in [-0.15, -0.1) is 11.3 Å². The lowest BCUT2D eigenvalue weighted by atomic mass is 9.99. The molecule has 0 amide bonds. The number of aromatic nitrogens is 3. The van der Waals surface area contributed by atoms with Gasteiger partial charge in [0.2, 0.25) is 0 Å². The Kier molecular flexibility index (Phi) is 7.04. The van der Waals surface area contributed by atoms with Crippen LogP contribution in [-0.4, -0.2) is 14.5 Å². The molecule has 11 rings (SSSR count). The molecule has 0 unspecified atom stereocenters. The van der Waals surface area contributed by atoms with Crippen LogP contribution in [0.1, 0.15) is 0 Å². The van der Waals surface area contributed by atoms with Crippen molar-refractivity contribution in [2.75, 3.05) is 0 Å². The van der Waals surface area contributed by atoms with E-state index >= 15 is 0 Å². The second-order valence-electron chi connectivity index (χ2n) is 13.7. The minimum Gasteiger partial charge on any atom is -0.309 e. The highest BCUT2D eigenvalue weighted by atomic mass is 32.1. The SMILES string of the molecule is c1ccc(-c2nc3ccccc3nc2-c2cccc(-n3c4ccccc4c4cc5c(cc43)c3ccccc3sc3ccccc3c3ccccc35)c2)cc1. The molecule has 4 heteroatoms. The highest BCUT2D eigenvalue weighted by molar-refractivity contribution is 7.24. The van der Waals surface area contributed by atoms with Gasteiger partial charge in [-0.3, -0.25) is 0 Å². The standard InChI is InChI=1S/C50H31N3S/c1-2-15-32(16-3-1)49-50(52-44-25-10-9-24-43(44)51-49)33-17-14-18-34(29-33)53-45-26-11-6-21-37(45)42-30-40-36-20-5-4-19-35(36)38-22-7-12-27-47(38)54-48-28-13-8-23-39(48)41(40)31-46(42)53/h1-31H. The molecule has 3 aromatic heterocycles. The summed E-state index contributed by atoms with van der Waals surface area (Å²) in [6.45, 7) is 0. The molecule has 3 heterocycles. The van der Waals surface area contributed by atoms with Gasteiger partial charge in [0.1, 0.15) is 0 Å². The van der Waals surface area contributed by atoms with Crippen LogP contribution in [0.2, 0.25) is 0 Å². The molecule has 11 aromatic rings. The lowest BCUT2D eigenvalue weighted by Gasteiger charge is -2.13. The van der Waals surface area contributed by atoms with E-state index in [1.165, 1.54) is 52.5 Å². The maximum absolute atomic E-state index is 5.24. The summed E-state index contributed by atoms with van der Waals surface area (Å²) in [4.78, 5) is 10.4. The molecule has 0 spiro atoms. The summed E-state index contributed by atoms with van der Waals surface area (Å²) in [7, 11) is 0. The zero-order valence-electron chi connectivity index (χ0n) is 29.1. The molecule has 0 saturated carbocycles. The Morgan fingerprint density at radius 1 is 0.333 bits per heavy atom. The van der Waals surface area contributed by atoms with E-state index < -0.39 is 0 Å². The van der Waals surface area contributed by atoms with Gasteiger partial charge in [-0.2, -0.15) is 0 Å². The topological polar surface area (TPSA) is 30.7 Å². The molecular formula is C50H31N3S. The molecule has 0 aliphatic carbocycles. The van der Waals surface area contributed by atoms with E-state index in [2.05, 4.69) is 162 Å². The fourth-order valence-corrected chi connectivity index (χ4v) is 9.26. The Labute approximate surface area is 315 Å². The first-order chi connectivity index (χ1) is 26.8. The van der Waals surface area contributed by atoms with Crippen molar-refractivity contribution in [3.63, 3.8) is 0 Å². The van der Waals surface area contributed by atoms with Crippen LogP contribution in [0.25, 0.3) is 103 Å². The Hall–Kier alpha value is -6.88. The molecule has 0 atom stereocenters. The van der Waals surface area contributed by atoms with Crippen molar-refractivity contribution < 1.29 is 0 Å². The fourth-order valence-electron chi connectivity index (χ4n) is 8.16. The number of nitrogens with zero attached hydrogens (tertiary/aromatic N) is 3. The highest BCUT2D eigenvalue weighted by Crippen LogP contribution is 2.41. The molecule has 0 bridgehead atoms.